The van der Waals surface area contributed by atoms with Gasteiger partial charge >= 0.3 is 0 Å². The SMILES string of the molecule is CC1(C)O[C@@H]2[C@H](O1)[C@@H](C1=CCCN(C3CC3)C1)C[C@H]2n1cc(-c2nc(Cc3ccccc3)cs2)c2cnc(Cl)nc21. The van der Waals surface area contributed by atoms with Gasteiger partial charge < -0.3 is 14.0 Å². The van der Waals surface area contributed by atoms with Crippen LogP contribution >= 0.6 is 22.9 Å². The first-order valence-electron chi connectivity index (χ1n) is 14.7. The maximum atomic E-state index is 6.64. The number of ether oxygens (including phenoxy) is 2. The minimum atomic E-state index is -0.627. The molecule has 7 nitrogen and oxygen atoms in total. The van der Waals surface area contributed by atoms with Crippen LogP contribution in [0.2, 0.25) is 5.28 Å². The van der Waals surface area contributed by atoms with Crippen LogP contribution in [-0.4, -0.2) is 61.5 Å². The van der Waals surface area contributed by atoms with Gasteiger partial charge in [-0.25, -0.2) is 9.97 Å². The zero-order valence-electron chi connectivity index (χ0n) is 23.4. The molecule has 0 amide bonds. The lowest BCUT2D eigenvalue weighted by Crippen LogP contribution is -2.36. The fourth-order valence-corrected chi connectivity index (χ4v) is 8.12. The Morgan fingerprint density at radius 2 is 1.93 bits per heavy atom. The molecule has 0 spiro atoms. The molecule has 4 aromatic rings. The van der Waals surface area contributed by atoms with E-state index in [1.54, 1.807) is 11.3 Å². The lowest BCUT2D eigenvalue weighted by molar-refractivity contribution is -0.158. The molecule has 8 rings (SSSR count). The van der Waals surface area contributed by atoms with Gasteiger partial charge in [-0.3, -0.25) is 4.90 Å². The highest BCUT2D eigenvalue weighted by Gasteiger charge is 2.56. The molecule has 0 unspecified atom stereocenters. The topological polar surface area (TPSA) is 65.3 Å². The maximum absolute atomic E-state index is 6.64. The summed E-state index contributed by atoms with van der Waals surface area (Å²) in [6, 6.07) is 11.3. The first-order valence-corrected chi connectivity index (χ1v) is 16.0. The van der Waals surface area contributed by atoms with Crippen LogP contribution in [0, 0.1) is 5.92 Å². The summed E-state index contributed by atoms with van der Waals surface area (Å²) in [7, 11) is 0. The van der Waals surface area contributed by atoms with Crippen molar-refractivity contribution < 1.29 is 9.47 Å². The van der Waals surface area contributed by atoms with E-state index in [9.17, 15) is 0 Å². The normalized spacial score (nSPS) is 27.8. The Hall–Kier alpha value is -2.62. The second-order valence-corrected chi connectivity index (χ2v) is 13.6. The summed E-state index contributed by atoms with van der Waals surface area (Å²) in [4.78, 5) is 16.8. The van der Waals surface area contributed by atoms with Crippen molar-refractivity contribution in [2.24, 2.45) is 5.92 Å². The van der Waals surface area contributed by atoms with Crippen molar-refractivity contribution in [2.75, 3.05) is 13.1 Å². The molecule has 0 bridgehead atoms. The van der Waals surface area contributed by atoms with E-state index in [4.69, 9.17) is 31.0 Å². The number of rotatable bonds is 6. The smallest absolute Gasteiger partial charge is 0.224 e. The Kier molecular flexibility index (Phi) is 6.34. The largest absolute Gasteiger partial charge is 0.344 e. The number of benzene rings is 1. The highest BCUT2D eigenvalue weighted by Crippen LogP contribution is 2.51. The zero-order chi connectivity index (χ0) is 27.7. The maximum Gasteiger partial charge on any atom is 0.224 e. The third kappa shape index (κ3) is 4.83. The fraction of sp³-hybridized carbons (Fsp3) is 0.469. The van der Waals surface area contributed by atoms with Gasteiger partial charge in [0, 0.05) is 60.2 Å². The molecule has 0 N–H and O–H groups in total. The van der Waals surface area contributed by atoms with E-state index in [0.717, 1.165) is 59.1 Å². The standard InChI is InChI=1S/C32H34ClN5O2S/c1-32(2)39-27-23(20-9-6-12-37(16-20)22-10-11-22)14-26(28(27)40-32)38-17-25(24-15-34-31(33)36-29(24)38)30-35-21(18-41-30)13-19-7-4-3-5-8-19/h3-5,7-9,15,17-18,22-23,26-28H,6,10-14,16H2,1-2H3/t23-,26-,27-,28+/m1/s1. The number of hydrogen-bond donors (Lipinski definition) is 0. The molecule has 5 heterocycles. The van der Waals surface area contributed by atoms with Gasteiger partial charge in [-0.15, -0.1) is 11.3 Å². The average Bonchev–Trinajstić information content (AvgIpc) is 3.31. The summed E-state index contributed by atoms with van der Waals surface area (Å²) in [6.45, 7) is 6.28. The van der Waals surface area contributed by atoms with Crippen LogP contribution in [0.3, 0.4) is 0 Å². The Bertz CT molecular complexity index is 1630. The number of aromatic nitrogens is 4. The second kappa shape index (κ2) is 9.99. The van der Waals surface area contributed by atoms with Gasteiger partial charge in [0.05, 0.1) is 17.8 Å². The number of thiazole rings is 1. The lowest BCUT2D eigenvalue weighted by atomic mass is 9.91. The van der Waals surface area contributed by atoms with Crippen LogP contribution in [0.25, 0.3) is 21.6 Å². The lowest BCUT2D eigenvalue weighted by Gasteiger charge is -2.32. The van der Waals surface area contributed by atoms with Gasteiger partial charge in [0.25, 0.3) is 0 Å². The van der Waals surface area contributed by atoms with Gasteiger partial charge in [0.1, 0.15) is 16.8 Å². The fourth-order valence-electron chi connectivity index (χ4n) is 7.15. The van der Waals surface area contributed by atoms with E-state index in [1.165, 1.54) is 30.5 Å². The predicted molar refractivity (Wildman–Crippen MR) is 161 cm³/mol. The minimum absolute atomic E-state index is 0.0101. The summed E-state index contributed by atoms with van der Waals surface area (Å²) in [6.07, 6.45) is 12.0. The third-order valence-electron chi connectivity index (χ3n) is 9.09. The van der Waals surface area contributed by atoms with Gasteiger partial charge in [-0.05, 0) is 56.7 Å². The molecule has 4 aliphatic rings. The summed E-state index contributed by atoms with van der Waals surface area (Å²) < 4.78 is 15.5. The minimum Gasteiger partial charge on any atom is -0.344 e. The number of halogens is 1. The van der Waals surface area contributed by atoms with E-state index in [0.29, 0.717) is 5.92 Å². The van der Waals surface area contributed by atoms with Gasteiger partial charge in [0.2, 0.25) is 5.28 Å². The monoisotopic (exact) mass is 587 g/mol. The highest BCUT2D eigenvalue weighted by molar-refractivity contribution is 7.13. The van der Waals surface area contributed by atoms with Crippen molar-refractivity contribution in [1.29, 1.82) is 0 Å². The first kappa shape index (κ1) is 26.0. The molecule has 1 aromatic carbocycles. The van der Waals surface area contributed by atoms with Crippen molar-refractivity contribution in [3.05, 3.63) is 76.3 Å². The summed E-state index contributed by atoms with van der Waals surface area (Å²) in [5.41, 5.74) is 5.69. The molecule has 2 saturated carbocycles. The van der Waals surface area contributed by atoms with Crippen LogP contribution in [0.4, 0.5) is 0 Å². The Labute approximate surface area is 249 Å². The molecular formula is C32H34ClN5O2S. The molecule has 4 atom stereocenters. The molecule has 0 radical (unpaired) electrons. The van der Waals surface area contributed by atoms with E-state index in [-0.39, 0.29) is 23.5 Å². The highest BCUT2D eigenvalue weighted by atomic mass is 35.5. The van der Waals surface area contributed by atoms with E-state index in [1.807, 2.05) is 26.1 Å². The average molecular weight is 588 g/mol. The van der Waals surface area contributed by atoms with Gasteiger partial charge in [-0.1, -0.05) is 42.0 Å². The Morgan fingerprint density at radius 3 is 2.76 bits per heavy atom. The van der Waals surface area contributed by atoms with Crippen LogP contribution in [0.5, 0.6) is 0 Å². The van der Waals surface area contributed by atoms with E-state index >= 15 is 0 Å². The molecule has 212 valence electrons. The van der Waals surface area contributed by atoms with Gasteiger partial charge in [0.15, 0.2) is 5.79 Å². The predicted octanol–water partition coefficient (Wildman–Crippen LogP) is 6.67. The summed E-state index contributed by atoms with van der Waals surface area (Å²) in [5.74, 6) is -0.318. The quantitative estimate of drug-likeness (QED) is 0.185. The number of fused-ring (bicyclic) bond motifs is 2. The number of hydrogen-bond acceptors (Lipinski definition) is 7. The second-order valence-electron chi connectivity index (χ2n) is 12.4. The van der Waals surface area contributed by atoms with Crippen molar-refractivity contribution in [1.82, 2.24) is 24.4 Å². The molecule has 9 heteroatoms. The summed E-state index contributed by atoms with van der Waals surface area (Å²) >= 11 is 8.05. The van der Waals surface area contributed by atoms with E-state index < -0.39 is 5.79 Å². The van der Waals surface area contributed by atoms with Crippen LogP contribution in [-0.2, 0) is 15.9 Å². The van der Waals surface area contributed by atoms with Crippen LogP contribution in [0.15, 0.2) is 59.8 Å². The molecule has 3 aromatic heterocycles. The van der Waals surface area contributed by atoms with Crippen molar-refractivity contribution >= 4 is 34.0 Å². The molecule has 2 aliphatic heterocycles. The van der Waals surface area contributed by atoms with Gasteiger partial charge in [-0.2, -0.15) is 4.98 Å². The molecule has 41 heavy (non-hydrogen) atoms. The molecule has 1 saturated heterocycles. The zero-order valence-corrected chi connectivity index (χ0v) is 24.9. The van der Waals surface area contributed by atoms with Crippen LogP contribution < -0.4 is 0 Å². The number of nitrogens with zero attached hydrogens (tertiary/aromatic N) is 5. The first-order chi connectivity index (χ1) is 19.9. The van der Waals surface area contributed by atoms with E-state index in [2.05, 4.69) is 56.4 Å². The molecule has 2 aliphatic carbocycles. The van der Waals surface area contributed by atoms with Crippen molar-refractivity contribution in [3.8, 4) is 10.6 Å². The van der Waals surface area contributed by atoms with Crippen molar-refractivity contribution in [2.45, 2.75) is 76.0 Å². The third-order valence-corrected chi connectivity index (χ3v) is 10.2. The molecular weight excluding hydrogens is 554 g/mol. The summed E-state index contributed by atoms with van der Waals surface area (Å²) in [5, 5.41) is 4.33. The Balaban J connectivity index is 1.16. The Morgan fingerprint density at radius 1 is 1.10 bits per heavy atom. The van der Waals surface area contributed by atoms with Crippen molar-refractivity contribution in [3.63, 3.8) is 0 Å². The van der Waals surface area contributed by atoms with Crippen LogP contribution in [0.1, 0.15) is 56.8 Å². The molecule has 3 fully saturated rings.